The summed E-state index contributed by atoms with van der Waals surface area (Å²) >= 11 is 17.7. The largest absolute Gasteiger partial charge is 0.480 e. The lowest BCUT2D eigenvalue weighted by Gasteiger charge is -2.16. The highest BCUT2D eigenvalue weighted by Crippen LogP contribution is 2.38. The van der Waals surface area contributed by atoms with Gasteiger partial charge in [0.15, 0.2) is 13.5 Å². The molecule has 0 spiro atoms. The van der Waals surface area contributed by atoms with Gasteiger partial charge >= 0.3 is 24.1 Å². The van der Waals surface area contributed by atoms with E-state index in [-0.39, 0.29) is 45.6 Å². The van der Waals surface area contributed by atoms with Crippen LogP contribution in [0.2, 0.25) is 15.1 Å². The van der Waals surface area contributed by atoms with Crippen LogP contribution in [-0.4, -0.2) is 75.6 Å². The second kappa shape index (κ2) is 19.6. The Hall–Kier alpha value is -3.89. The first-order valence-electron chi connectivity index (χ1n) is 15.6. The number of carbonyl (C=O) groups excluding carboxylic acids is 2. The molecule has 3 aromatic carbocycles. The molecule has 3 atom stereocenters. The molecule has 0 radical (unpaired) electrons. The summed E-state index contributed by atoms with van der Waals surface area (Å²) in [5.41, 5.74) is 4.44. The van der Waals surface area contributed by atoms with Crippen LogP contribution < -0.4 is 10.5 Å². The lowest BCUT2D eigenvalue weighted by molar-refractivity contribution is -0.165. The van der Waals surface area contributed by atoms with Gasteiger partial charge in [-0.15, -0.1) is 0 Å². The first-order chi connectivity index (χ1) is 24.8. The number of ether oxygens (including phenoxy) is 2. The highest BCUT2D eigenvalue weighted by molar-refractivity contribution is 7.57. The maximum absolute atomic E-state index is 12.7. The maximum Gasteiger partial charge on any atom is 0.416 e. The van der Waals surface area contributed by atoms with Gasteiger partial charge in [0.05, 0.1) is 39.7 Å². The second-order valence-corrected chi connectivity index (χ2v) is 16.1. The summed E-state index contributed by atoms with van der Waals surface area (Å²) in [5, 5.41) is 18.8. The number of nitrogens with zero attached hydrogens (tertiary/aromatic N) is 1. The molecule has 20 heteroatoms. The number of alkyl halides is 3. The predicted octanol–water partition coefficient (Wildman–Crippen LogP) is 7.76. The standard InChI is InChI=1S/C17H11Cl2F3O5.C12H14ClNO2.C5H12NO4P/c1-8(15(23)24)26-16(25)11-7-10(3-4-12(11)18)27-14-5-2-9(6-13(14)19)17(20,21)22;1-12(2)8-16-14(11(12)15)7-9-5-3-4-6-10(9)13;1-11(9,10)3-2-4(6)5(7)8/h2-8H,1H3,(H,23,24);3-6H,7-8H2,1-2H3;4H,2-3,6H2,1H3,(H,7,8)(H,9,10)/t8-;;/m0../s1. The minimum Gasteiger partial charge on any atom is -0.480 e. The monoisotopic (exact) mass is 842 g/mol. The molecule has 0 bridgehead atoms. The number of hydrogen-bond acceptors (Lipinski definition) is 9. The number of carboxylic acids is 2. The van der Waals surface area contributed by atoms with Crippen LogP contribution in [0.25, 0.3) is 0 Å². The second-order valence-electron chi connectivity index (χ2n) is 12.4. The molecule has 1 aliphatic heterocycles. The van der Waals surface area contributed by atoms with Gasteiger partial charge < -0.3 is 30.3 Å². The Labute approximate surface area is 323 Å². The van der Waals surface area contributed by atoms with Gasteiger partial charge in [0, 0.05) is 17.8 Å². The van der Waals surface area contributed by atoms with E-state index in [0.29, 0.717) is 24.2 Å². The first-order valence-corrected chi connectivity index (χ1v) is 19.0. The van der Waals surface area contributed by atoms with Crippen molar-refractivity contribution in [2.24, 2.45) is 11.1 Å². The number of amides is 1. The average molecular weight is 844 g/mol. The minimum atomic E-state index is -4.56. The van der Waals surface area contributed by atoms with Crippen molar-refractivity contribution < 1.29 is 66.3 Å². The van der Waals surface area contributed by atoms with Gasteiger partial charge in [-0.2, -0.15) is 13.2 Å². The summed E-state index contributed by atoms with van der Waals surface area (Å²) in [4.78, 5) is 58.9. The van der Waals surface area contributed by atoms with E-state index < -0.39 is 54.6 Å². The molecule has 3 aromatic rings. The molecule has 296 valence electrons. The van der Waals surface area contributed by atoms with Crippen molar-refractivity contribution in [3.8, 4) is 11.5 Å². The fourth-order valence-corrected chi connectivity index (χ4v) is 5.35. The average Bonchev–Trinajstić information content (AvgIpc) is 3.32. The Morgan fingerprint density at radius 3 is 2.13 bits per heavy atom. The fraction of sp³-hybridized carbons (Fsp3) is 0.353. The zero-order chi connectivity index (χ0) is 41.2. The predicted molar refractivity (Wildman–Crippen MR) is 193 cm³/mol. The molecule has 1 fully saturated rings. The van der Waals surface area contributed by atoms with Gasteiger partial charge in [0.25, 0.3) is 5.91 Å². The van der Waals surface area contributed by atoms with Crippen LogP contribution in [0.5, 0.6) is 11.5 Å². The maximum atomic E-state index is 12.7. The molecule has 1 heterocycles. The van der Waals surface area contributed by atoms with Crippen LogP contribution in [0.15, 0.2) is 60.7 Å². The number of rotatable bonds is 11. The van der Waals surface area contributed by atoms with Gasteiger partial charge in [0.2, 0.25) is 0 Å². The van der Waals surface area contributed by atoms with Gasteiger partial charge in [0.1, 0.15) is 17.5 Å². The molecule has 5 N–H and O–H groups in total. The molecule has 1 saturated heterocycles. The van der Waals surface area contributed by atoms with E-state index in [0.717, 1.165) is 30.7 Å². The molecule has 1 amide bonds. The van der Waals surface area contributed by atoms with Gasteiger partial charge in [-0.3, -0.25) is 19.0 Å². The Bertz CT molecular complexity index is 1880. The van der Waals surface area contributed by atoms with E-state index >= 15 is 0 Å². The third-order valence-corrected chi connectivity index (χ3v) is 9.19. The normalized spacial score (nSPS) is 15.7. The van der Waals surface area contributed by atoms with E-state index in [1.54, 1.807) is 0 Å². The fourth-order valence-electron chi connectivity index (χ4n) is 3.98. The van der Waals surface area contributed by atoms with Gasteiger partial charge in [-0.1, -0.05) is 53.0 Å². The lowest BCUT2D eigenvalue weighted by atomic mass is 9.95. The molecular formula is C34H37Cl3F3N2O11P. The van der Waals surface area contributed by atoms with Gasteiger partial charge in [-0.25, -0.2) is 14.7 Å². The summed E-state index contributed by atoms with van der Waals surface area (Å²) < 4.78 is 58.8. The highest BCUT2D eigenvalue weighted by Gasteiger charge is 2.40. The Morgan fingerprint density at radius 1 is 1.00 bits per heavy atom. The van der Waals surface area contributed by atoms with Gasteiger partial charge in [-0.05, 0) is 75.2 Å². The molecule has 0 aromatic heterocycles. The third kappa shape index (κ3) is 14.7. The van der Waals surface area contributed by atoms with Crippen molar-refractivity contribution in [1.29, 1.82) is 0 Å². The zero-order valence-corrected chi connectivity index (χ0v) is 32.3. The van der Waals surface area contributed by atoms with Crippen molar-refractivity contribution in [3.05, 3.63) is 92.4 Å². The van der Waals surface area contributed by atoms with Crippen LogP contribution >= 0.6 is 42.2 Å². The van der Waals surface area contributed by atoms with Crippen molar-refractivity contribution in [2.75, 3.05) is 19.4 Å². The zero-order valence-electron chi connectivity index (χ0n) is 29.1. The van der Waals surface area contributed by atoms with E-state index in [2.05, 4.69) is 0 Å². The third-order valence-electron chi connectivity index (χ3n) is 7.11. The van der Waals surface area contributed by atoms with Crippen LogP contribution in [0.1, 0.15) is 48.7 Å². The lowest BCUT2D eigenvalue weighted by Crippen LogP contribution is -2.30. The molecule has 13 nitrogen and oxygen atoms in total. The summed E-state index contributed by atoms with van der Waals surface area (Å²) in [5.74, 6) is -3.52. The minimum absolute atomic E-state index is 0.00687. The quantitative estimate of drug-likeness (QED) is 0.108. The number of carbonyl (C=O) groups is 4. The number of aliphatic carboxylic acids is 2. The molecule has 0 saturated carbocycles. The summed E-state index contributed by atoms with van der Waals surface area (Å²) in [7, 11) is -3.10. The van der Waals surface area contributed by atoms with Crippen molar-refractivity contribution in [2.45, 2.75) is 52.1 Å². The van der Waals surface area contributed by atoms with Crippen LogP contribution in [-0.2, 0) is 41.2 Å². The van der Waals surface area contributed by atoms with E-state index in [1.165, 1.54) is 23.9 Å². The Kier molecular flexibility index (Phi) is 16.8. The van der Waals surface area contributed by atoms with E-state index in [9.17, 15) is 36.9 Å². The first kappa shape index (κ1) is 46.3. The molecule has 2 unspecified atom stereocenters. The smallest absolute Gasteiger partial charge is 0.416 e. The molecule has 0 aliphatic carbocycles. The topological polar surface area (TPSA) is 203 Å². The van der Waals surface area contributed by atoms with Crippen LogP contribution in [0.4, 0.5) is 13.2 Å². The molecule has 4 rings (SSSR count). The Balaban J connectivity index is 0.000000315. The summed E-state index contributed by atoms with van der Waals surface area (Å²) in [6.07, 6.45) is -5.96. The summed E-state index contributed by atoms with van der Waals surface area (Å²) in [6, 6.07) is 12.8. The number of carboxylic acid groups (broad SMARTS) is 2. The van der Waals surface area contributed by atoms with E-state index in [1.807, 2.05) is 38.1 Å². The van der Waals surface area contributed by atoms with Crippen molar-refractivity contribution in [1.82, 2.24) is 5.06 Å². The Morgan fingerprint density at radius 2 is 1.63 bits per heavy atom. The number of esters is 1. The number of halogens is 6. The molecular weight excluding hydrogens is 807 g/mol. The van der Waals surface area contributed by atoms with Crippen LogP contribution in [0, 0.1) is 5.41 Å². The molecule has 54 heavy (non-hydrogen) atoms. The SMILES string of the molecule is CC1(C)CON(Cc2ccccc2Cl)C1=O.CP(=O)(O)CCC(N)C(=O)O.C[C@H](OC(=O)c1cc(Oc2ccc(C(F)(F)F)cc2Cl)ccc1Cl)C(=O)O. The number of hydroxylamine groups is 2. The summed E-state index contributed by atoms with van der Waals surface area (Å²) in [6.45, 7) is 6.93. The number of benzene rings is 3. The number of nitrogens with two attached hydrogens (primary N) is 1. The van der Waals surface area contributed by atoms with Crippen molar-refractivity contribution >= 4 is 66.0 Å². The van der Waals surface area contributed by atoms with E-state index in [4.69, 9.17) is 70.0 Å². The number of hydrogen-bond donors (Lipinski definition) is 4. The molecule has 1 aliphatic rings. The highest BCUT2D eigenvalue weighted by atomic mass is 35.5. The van der Waals surface area contributed by atoms with Crippen molar-refractivity contribution in [3.63, 3.8) is 0 Å². The van der Waals surface area contributed by atoms with Crippen LogP contribution in [0.3, 0.4) is 0 Å².